The van der Waals surface area contributed by atoms with Crippen LogP contribution >= 0.6 is 7.82 Å². The molecule has 0 fully saturated rings. The lowest BCUT2D eigenvalue weighted by Crippen LogP contribution is -2.37. The van der Waals surface area contributed by atoms with Crippen LogP contribution in [0.3, 0.4) is 0 Å². The number of hydrogen-bond donors (Lipinski definition) is 1. The Bertz CT molecular complexity index is 1070. The third-order valence-corrected chi connectivity index (χ3v) is 9.62. The van der Waals surface area contributed by atoms with Crippen LogP contribution < -0.4 is 4.89 Å². The molecular weight excluding hydrogens is 705 g/mol. The number of allylic oxidation sites excluding steroid dienone is 8. The topological polar surface area (TPSA) is 131 Å². The van der Waals surface area contributed by atoms with Crippen LogP contribution in [0.5, 0.6) is 0 Å². The number of ether oxygens (including phenoxy) is 2. The van der Waals surface area contributed by atoms with Crippen molar-refractivity contribution in [3.8, 4) is 0 Å². The van der Waals surface area contributed by atoms with Crippen LogP contribution in [0.1, 0.15) is 155 Å². The van der Waals surface area contributed by atoms with Crippen LogP contribution in [0.25, 0.3) is 0 Å². The lowest BCUT2D eigenvalue weighted by Gasteiger charge is -2.28. The highest BCUT2D eigenvalue weighted by molar-refractivity contribution is 7.45. The van der Waals surface area contributed by atoms with E-state index in [9.17, 15) is 19.0 Å². The quantitative estimate of drug-likeness (QED) is 0.0214. The molecule has 10 nitrogen and oxygen atoms in total. The molecule has 0 saturated carbocycles. The zero-order valence-electron chi connectivity index (χ0n) is 34.6. The minimum Gasteiger partial charge on any atom is -0.756 e. The molecule has 1 N–H and O–H groups in total. The van der Waals surface area contributed by atoms with E-state index >= 15 is 0 Å². The van der Waals surface area contributed by atoms with E-state index in [1.165, 1.54) is 57.8 Å². The number of phosphoric ester groups is 1. The second-order valence-corrected chi connectivity index (χ2v) is 16.5. The highest BCUT2D eigenvalue weighted by Crippen LogP contribution is 2.38. The first kappa shape index (κ1) is 51.9. The van der Waals surface area contributed by atoms with Crippen LogP contribution in [0.15, 0.2) is 48.6 Å². The van der Waals surface area contributed by atoms with E-state index in [-0.39, 0.29) is 32.7 Å². The van der Waals surface area contributed by atoms with E-state index in [4.69, 9.17) is 23.6 Å². The van der Waals surface area contributed by atoms with Gasteiger partial charge in [-0.15, -0.1) is 0 Å². The van der Waals surface area contributed by atoms with Gasteiger partial charge >= 0.3 is 11.9 Å². The summed E-state index contributed by atoms with van der Waals surface area (Å²) in [4.78, 5) is 37.4. The Balaban J connectivity index is 4.49. The highest BCUT2D eigenvalue weighted by atomic mass is 31.2. The molecule has 0 aliphatic rings. The van der Waals surface area contributed by atoms with Crippen LogP contribution in [0, 0.1) is 0 Å². The van der Waals surface area contributed by atoms with Crippen LogP contribution in [0.2, 0.25) is 0 Å². The fourth-order valence-electron chi connectivity index (χ4n) is 5.33. The van der Waals surface area contributed by atoms with Gasteiger partial charge in [0, 0.05) is 19.4 Å². The van der Waals surface area contributed by atoms with Gasteiger partial charge in [0.25, 0.3) is 7.82 Å². The van der Waals surface area contributed by atoms with Crippen molar-refractivity contribution in [2.24, 2.45) is 0 Å². The van der Waals surface area contributed by atoms with E-state index in [0.29, 0.717) is 23.9 Å². The summed E-state index contributed by atoms with van der Waals surface area (Å²) >= 11 is 0. The summed E-state index contributed by atoms with van der Waals surface area (Å²) in [6, 6.07) is 0. The van der Waals surface area contributed by atoms with Crippen molar-refractivity contribution in [2.75, 3.05) is 54.1 Å². The average molecular weight is 784 g/mol. The first-order chi connectivity index (χ1) is 26.0. The Morgan fingerprint density at radius 3 is 1.65 bits per heavy atom. The zero-order chi connectivity index (χ0) is 40.0. The van der Waals surface area contributed by atoms with Gasteiger partial charge in [-0.2, -0.15) is 0 Å². The minimum absolute atomic E-state index is 0.0465. The number of esters is 2. The minimum atomic E-state index is -4.64. The van der Waals surface area contributed by atoms with E-state index < -0.39 is 32.5 Å². The highest BCUT2D eigenvalue weighted by Gasteiger charge is 2.21. The maximum absolute atomic E-state index is 12.6. The largest absolute Gasteiger partial charge is 0.756 e. The van der Waals surface area contributed by atoms with Crippen molar-refractivity contribution >= 4 is 19.8 Å². The predicted octanol–water partition coefficient (Wildman–Crippen LogP) is 9.86. The fourth-order valence-corrected chi connectivity index (χ4v) is 6.06. The molecule has 1 unspecified atom stereocenters. The molecule has 0 aliphatic heterocycles. The molecule has 0 rings (SSSR count). The summed E-state index contributed by atoms with van der Waals surface area (Å²) < 4.78 is 33.7. The van der Waals surface area contributed by atoms with Gasteiger partial charge in [0.1, 0.15) is 19.8 Å². The maximum Gasteiger partial charge on any atom is 0.306 e. The van der Waals surface area contributed by atoms with E-state index in [0.717, 1.165) is 64.2 Å². The Labute approximate surface area is 329 Å². The molecule has 0 aliphatic carbocycles. The van der Waals surface area contributed by atoms with E-state index in [1.807, 2.05) is 27.2 Å². The van der Waals surface area contributed by atoms with Crippen molar-refractivity contribution in [3.05, 3.63) is 48.6 Å². The number of likely N-dealkylation sites (N-methyl/N-ethyl adjacent to an activating group) is 1. The summed E-state index contributed by atoms with van der Waals surface area (Å²) in [7, 11) is 1.11. The van der Waals surface area contributed by atoms with Gasteiger partial charge in [0.15, 0.2) is 6.10 Å². The Morgan fingerprint density at radius 2 is 1.11 bits per heavy atom. The SMILES string of the molecule is CCCCCCCCCCCCCCC(=O)OC[C@H](COP(=O)([O-])OCC[N+](C)(C)C)OC(=O)CCC/C=C\C/C=C\C/C=C\C/C=C\CCCCCO. The van der Waals surface area contributed by atoms with Gasteiger partial charge in [-0.3, -0.25) is 14.2 Å². The normalized spacial score (nSPS) is 14.1. The lowest BCUT2D eigenvalue weighted by atomic mass is 10.0. The third kappa shape index (κ3) is 39.6. The molecule has 314 valence electrons. The average Bonchev–Trinajstić information content (AvgIpc) is 3.12. The number of quaternary nitrogens is 1. The molecule has 2 atom stereocenters. The molecule has 0 aromatic carbocycles. The van der Waals surface area contributed by atoms with Crippen LogP contribution in [0.4, 0.5) is 0 Å². The van der Waals surface area contributed by atoms with E-state index in [1.54, 1.807) is 0 Å². The molecule has 0 heterocycles. The van der Waals surface area contributed by atoms with Crippen LogP contribution in [-0.4, -0.2) is 81.7 Å². The molecular formula is C43H78NO9P. The van der Waals surface area contributed by atoms with Crippen molar-refractivity contribution < 1.29 is 47.2 Å². The molecule has 11 heteroatoms. The predicted molar refractivity (Wildman–Crippen MR) is 219 cm³/mol. The molecule has 0 saturated heterocycles. The fraction of sp³-hybridized carbons (Fsp3) is 0.767. The van der Waals surface area contributed by atoms with Crippen molar-refractivity contribution in [1.29, 1.82) is 0 Å². The van der Waals surface area contributed by atoms with Gasteiger partial charge < -0.3 is 33.0 Å². The Morgan fingerprint density at radius 1 is 0.630 bits per heavy atom. The zero-order valence-corrected chi connectivity index (χ0v) is 35.5. The molecule has 0 amide bonds. The van der Waals surface area contributed by atoms with Crippen LogP contribution in [-0.2, 0) is 32.7 Å². The number of aliphatic hydroxyl groups excluding tert-OH is 1. The number of phosphoric acid groups is 1. The standard InChI is InChI=1S/C43H78NO9P/c1-5-6-7-8-9-10-11-19-22-25-28-31-34-42(46)50-39-41(40-52-54(48,49)51-38-36-44(2,3)4)53-43(47)35-32-29-26-23-20-17-15-13-12-14-16-18-21-24-27-30-33-37-45/h12,14-15,17-18,21,23,26,41,45H,5-11,13,16,19-20,22,24-25,27-40H2,1-4H3/b14-12-,17-15-,21-18-,26-23-/t41-/m1/s1. The summed E-state index contributed by atoms with van der Waals surface area (Å²) in [5.74, 6) is -0.916. The number of unbranched alkanes of at least 4 members (excludes halogenated alkanes) is 15. The second kappa shape index (κ2) is 36.6. The Kier molecular flexibility index (Phi) is 35.2. The number of nitrogens with zero attached hydrogens (tertiary/aromatic N) is 1. The lowest BCUT2D eigenvalue weighted by molar-refractivity contribution is -0.870. The summed E-state index contributed by atoms with van der Waals surface area (Å²) in [6.45, 7) is 2.15. The number of aliphatic hydroxyl groups is 1. The molecule has 0 spiro atoms. The smallest absolute Gasteiger partial charge is 0.306 e. The summed E-state index contributed by atoms with van der Waals surface area (Å²) in [5.41, 5.74) is 0. The van der Waals surface area contributed by atoms with Crippen molar-refractivity contribution in [1.82, 2.24) is 0 Å². The first-order valence-electron chi connectivity index (χ1n) is 21.0. The molecule has 54 heavy (non-hydrogen) atoms. The Hall–Kier alpha value is -2.07. The number of carbonyl (C=O) groups excluding carboxylic acids is 2. The molecule has 0 aromatic heterocycles. The second-order valence-electron chi connectivity index (χ2n) is 15.1. The first-order valence-corrected chi connectivity index (χ1v) is 22.4. The number of carbonyl (C=O) groups is 2. The van der Waals surface area contributed by atoms with E-state index in [2.05, 4.69) is 49.5 Å². The maximum atomic E-state index is 12.6. The van der Waals surface area contributed by atoms with Gasteiger partial charge in [-0.1, -0.05) is 133 Å². The van der Waals surface area contributed by atoms with Crippen molar-refractivity contribution in [2.45, 2.75) is 161 Å². The number of hydrogen-bond acceptors (Lipinski definition) is 9. The van der Waals surface area contributed by atoms with Gasteiger partial charge in [0.05, 0.1) is 27.7 Å². The van der Waals surface area contributed by atoms with Gasteiger partial charge in [0.2, 0.25) is 0 Å². The van der Waals surface area contributed by atoms with Crippen molar-refractivity contribution in [3.63, 3.8) is 0 Å². The molecule has 0 radical (unpaired) electrons. The number of rotatable bonds is 38. The molecule has 0 bridgehead atoms. The van der Waals surface area contributed by atoms with Gasteiger partial charge in [-0.05, 0) is 57.8 Å². The summed E-state index contributed by atoms with van der Waals surface area (Å²) in [6.07, 6.45) is 38.7. The van der Waals surface area contributed by atoms with Gasteiger partial charge in [-0.25, -0.2) is 0 Å². The summed E-state index contributed by atoms with van der Waals surface area (Å²) in [5, 5.41) is 8.79. The molecule has 0 aromatic rings. The third-order valence-electron chi connectivity index (χ3n) is 8.66. The monoisotopic (exact) mass is 784 g/mol.